The van der Waals surface area contributed by atoms with Crippen LogP contribution < -0.4 is 5.32 Å². The minimum atomic E-state index is -0.959. The second kappa shape index (κ2) is 8.23. The van der Waals surface area contributed by atoms with Gasteiger partial charge in [0, 0.05) is 22.8 Å². The average molecular weight is 543 g/mol. The van der Waals surface area contributed by atoms with Crippen molar-refractivity contribution >= 4 is 44.9 Å². The molecule has 0 aliphatic rings. The van der Waals surface area contributed by atoms with E-state index in [-0.39, 0.29) is 5.82 Å². The van der Waals surface area contributed by atoms with Crippen LogP contribution >= 0.6 is 22.6 Å². The summed E-state index contributed by atoms with van der Waals surface area (Å²) in [6, 6.07) is 17.7. The van der Waals surface area contributed by atoms with E-state index in [0.717, 1.165) is 34.4 Å². The lowest BCUT2D eigenvalue weighted by Gasteiger charge is -2.10. The quantitative estimate of drug-likeness (QED) is 0.273. The van der Waals surface area contributed by atoms with Crippen LogP contribution in [0.5, 0.6) is 0 Å². The highest BCUT2D eigenvalue weighted by atomic mass is 127. The van der Waals surface area contributed by atoms with E-state index in [4.69, 9.17) is 0 Å². The molecule has 5 nitrogen and oxygen atoms in total. The fraction of sp³-hybridized carbons (Fsp3) is 0. The highest BCUT2D eigenvalue weighted by Crippen LogP contribution is 2.29. The number of hydrogen-bond donors (Lipinski definition) is 1. The van der Waals surface area contributed by atoms with Crippen LogP contribution in [0.15, 0.2) is 72.9 Å². The topological polar surface area (TPSA) is 55.6 Å². The number of nitrogens with one attached hydrogen (secondary N) is 1. The Morgan fingerprint density at radius 1 is 0.812 bits per heavy atom. The molecule has 0 unspecified atom stereocenters. The molecule has 0 atom stereocenters. The van der Waals surface area contributed by atoms with Gasteiger partial charge in [0.05, 0.1) is 26.7 Å². The fourth-order valence-electron chi connectivity index (χ4n) is 3.27. The Morgan fingerprint density at radius 2 is 1.66 bits per heavy atom. The molecule has 2 aromatic heterocycles. The first-order valence-corrected chi connectivity index (χ1v) is 10.6. The Balaban J connectivity index is 1.47. The fourth-order valence-corrected chi connectivity index (χ4v) is 3.79. The lowest BCUT2D eigenvalue weighted by atomic mass is 10.1. The summed E-state index contributed by atoms with van der Waals surface area (Å²) in [6.45, 7) is 0. The van der Waals surface area contributed by atoms with Crippen molar-refractivity contribution in [3.05, 3.63) is 93.9 Å². The maximum atomic E-state index is 13.6. The van der Waals surface area contributed by atoms with E-state index in [1.807, 2.05) is 52.9 Å². The molecule has 0 saturated heterocycles. The molecule has 9 heteroatoms. The number of anilines is 2. The maximum absolute atomic E-state index is 13.6. The van der Waals surface area contributed by atoms with E-state index < -0.39 is 11.6 Å². The molecular formula is C23H13F3IN5. The second-order valence-corrected chi connectivity index (χ2v) is 8.13. The number of benzene rings is 3. The van der Waals surface area contributed by atoms with Gasteiger partial charge >= 0.3 is 0 Å². The number of nitrogens with zero attached hydrogens (tertiary/aromatic N) is 4. The van der Waals surface area contributed by atoms with Gasteiger partial charge in [0.15, 0.2) is 11.6 Å². The summed E-state index contributed by atoms with van der Waals surface area (Å²) < 4.78 is 42.2. The molecule has 0 spiro atoms. The zero-order valence-corrected chi connectivity index (χ0v) is 18.4. The van der Waals surface area contributed by atoms with Crippen LogP contribution in [-0.2, 0) is 0 Å². The lowest BCUT2D eigenvalue weighted by molar-refractivity contribution is 0.507. The van der Waals surface area contributed by atoms with E-state index in [1.165, 1.54) is 16.8 Å². The van der Waals surface area contributed by atoms with E-state index >= 15 is 0 Å². The lowest BCUT2D eigenvalue weighted by Crippen LogP contribution is -1.96. The number of hydrogen-bond acceptors (Lipinski definition) is 4. The molecule has 3 aromatic carbocycles. The first-order valence-electron chi connectivity index (χ1n) is 9.48. The van der Waals surface area contributed by atoms with Gasteiger partial charge in [-0.05, 0) is 77.2 Å². The summed E-state index contributed by atoms with van der Waals surface area (Å²) in [5, 5.41) is 12.3. The third-order valence-electron chi connectivity index (χ3n) is 4.85. The number of fused-ring (bicyclic) bond motifs is 1. The molecule has 0 saturated carbocycles. The SMILES string of the molecule is Fc1ccc(-n2cc(-c3ccc4c(Nc5ccc(F)c(I)c5)cccc4n3)nn2)cc1F. The van der Waals surface area contributed by atoms with Gasteiger partial charge in [0.1, 0.15) is 11.5 Å². The van der Waals surface area contributed by atoms with Crippen LogP contribution in [0, 0.1) is 21.0 Å². The first-order chi connectivity index (χ1) is 15.5. The summed E-state index contributed by atoms with van der Waals surface area (Å²) >= 11 is 1.95. The zero-order chi connectivity index (χ0) is 22.2. The third kappa shape index (κ3) is 3.91. The Morgan fingerprint density at radius 3 is 2.47 bits per heavy atom. The van der Waals surface area contributed by atoms with E-state index in [2.05, 4.69) is 20.6 Å². The number of aromatic nitrogens is 4. The van der Waals surface area contributed by atoms with Crippen LogP contribution in [-0.4, -0.2) is 20.0 Å². The normalized spacial score (nSPS) is 11.1. The van der Waals surface area contributed by atoms with Gasteiger partial charge < -0.3 is 5.32 Å². The molecule has 0 aliphatic heterocycles. The zero-order valence-electron chi connectivity index (χ0n) is 16.2. The summed E-state index contributed by atoms with van der Waals surface area (Å²) in [5.74, 6) is -2.15. The predicted molar refractivity (Wildman–Crippen MR) is 124 cm³/mol. The van der Waals surface area contributed by atoms with Crippen molar-refractivity contribution in [2.45, 2.75) is 0 Å². The smallest absolute Gasteiger partial charge is 0.160 e. The Hall–Kier alpha value is -3.47. The monoisotopic (exact) mass is 543 g/mol. The molecule has 0 fully saturated rings. The van der Waals surface area contributed by atoms with Crippen molar-refractivity contribution in [2.24, 2.45) is 0 Å². The third-order valence-corrected chi connectivity index (χ3v) is 5.68. The summed E-state index contributed by atoms with van der Waals surface area (Å²) in [7, 11) is 0. The molecule has 0 amide bonds. The highest BCUT2D eigenvalue weighted by molar-refractivity contribution is 14.1. The van der Waals surface area contributed by atoms with Crippen molar-refractivity contribution < 1.29 is 13.2 Å². The number of rotatable bonds is 4. The molecule has 5 rings (SSSR count). The summed E-state index contributed by atoms with van der Waals surface area (Å²) in [6.07, 6.45) is 1.60. The van der Waals surface area contributed by atoms with Gasteiger partial charge in [-0.1, -0.05) is 11.3 Å². The molecule has 1 N–H and O–H groups in total. The molecular weight excluding hydrogens is 530 g/mol. The molecule has 0 bridgehead atoms. The molecule has 5 aromatic rings. The van der Waals surface area contributed by atoms with Crippen LogP contribution in [0.2, 0.25) is 0 Å². The maximum Gasteiger partial charge on any atom is 0.160 e. The minimum Gasteiger partial charge on any atom is -0.355 e. The summed E-state index contributed by atoms with van der Waals surface area (Å²) in [4.78, 5) is 4.67. The molecule has 0 radical (unpaired) electrons. The Labute approximate surface area is 194 Å². The van der Waals surface area contributed by atoms with Crippen LogP contribution in [0.4, 0.5) is 24.5 Å². The molecule has 0 aliphatic carbocycles. The number of pyridine rings is 1. The van der Waals surface area contributed by atoms with Crippen LogP contribution in [0.25, 0.3) is 28.0 Å². The van der Waals surface area contributed by atoms with E-state index in [9.17, 15) is 13.2 Å². The van der Waals surface area contributed by atoms with Gasteiger partial charge in [-0.15, -0.1) is 5.10 Å². The largest absolute Gasteiger partial charge is 0.355 e. The van der Waals surface area contributed by atoms with Crippen molar-refractivity contribution in [3.63, 3.8) is 0 Å². The highest BCUT2D eigenvalue weighted by Gasteiger charge is 2.11. The standard InChI is InChI=1S/C23H13F3IN5/c24-16-8-5-14(11-18(16)26)32-12-23(30-31-32)22-9-6-15-20(2-1-3-21(15)29-22)28-13-4-7-17(25)19(27)10-13/h1-12,28H. The molecule has 2 heterocycles. The van der Waals surface area contributed by atoms with Crippen molar-refractivity contribution in [1.82, 2.24) is 20.0 Å². The van der Waals surface area contributed by atoms with Gasteiger partial charge in [0.25, 0.3) is 0 Å². The average Bonchev–Trinajstić information content (AvgIpc) is 3.28. The Bertz CT molecular complexity index is 1470. The van der Waals surface area contributed by atoms with Gasteiger partial charge in [-0.2, -0.15) is 0 Å². The van der Waals surface area contributed by atoms with Gasteiger partial charge in [-0.3, -0.25) is 0 Å². The summed E-state index contributed by atoms with van der Waals surface area (Å²) in [5.41, 5.74) is 3.75. The molecule has 158 valence electrons. The molecule has 32 heavy (non-hydrogen) atoms. The second-order valence-electron chi connectivity index (χ2n) is 6.97. The minimum absolute atomic E-state index is 0.267. The number of halogens is 4. The van der Waals surface area contributed by atoms with Crippen molar-refractivity contribution in [1.29, 1.82) is 0 Å². The van der Waals surface area contributed by atoms with Gasteiger partial charge in [-0.25, -0.2) is 22.8 Å². The first kappa shape index (κ1) is 20.4. The van der Waals surface area contributed by atoms with E-state index in [0.29, 0.717) is 20.6 Å². The van der Waals surface area contributed by atoms with Gasteiger partial charge in [0.2, 0.25) is 0 Å². The van der Waals surface area contributed by atoms with Crippen LogP contribution in [0.1, 0.15) is 0 Å². The Kier molecular flexibility index (Phi) is 5.25. The predicted octanol–water partition coefficient (Wildman–Crippen LogP) is 6.25. The van der Waals surface area contributed by atoms with Crippen LogP contribution in [0.3, 0.4) is 0 Å². The van der Waals surface area contributed by atoms with Crippen molar-refractivity contribution in [3.8, 4) is 17.1 Å². The van der Waals surface area contributed by atoms with Crippen molar-refractivity contribution in [2.75, 3.05) is 5.32 Å². The van der Waals surface area contributed by atoms with E-state index in [1.54, 1.807) is 18.3 Å².